The zero-order valence-electron chi connectivity index (χ0n) is 17.2. The third-order valence-electron chi connectivity index (χ3n) is 5.71. The average Bonchev–Trinajstić information content (AvgIpc) is 3.28. The molecular weight excluding hydrogens is 424 g/mol. The molecule has 168 valence electrons. The molecule has 4 rings (SSSR count). The van der Waals surface area contributed by atoms with Crippen LogP contribution < -0.4 is 4.74 Å². The summed E-state index contributed by atoms with van der Waals surface area (Å²) in [6, 6.07) is 13.1. The Labute approximate surface area is 186 Å². The zero-order chi connectivity index (χ0) is 22.0. The zero-order valence-corrected chi connectivity index (χ0v) is 17.9. The minimum absolute atomic E-state index is 0.101. The summed E-state index contributed by atoms with van der Waals surface area (Å²) < 4.78 is 22.0. The van der Waals surface area contributed by atoms with Crippen LogP contribution in [0.1, 0.15) is 29.2 Å². The topological polar surface area (TPSA) is 97.6 Å². The predicted octanol–water partition coefficient (Wildman–Crippen LogP) is 2.23. The molecular formula is C23H27ClO7. The van der Waals surface area contributed by atoms with Gasteiger partial charge in [0.05, 0.1) is 13.2 Å². The van der Waals surface area contributed by atoms with Crippen molar-refractivity contribution in [2.75, 3.05) is 20.3 Å². The number of hydrogen-bond donors (Lipinski definition) is 3. The monoisotopic (exact) mass is 450 g/mol. The molecule has 0 spiro atoms. The number of aliphatic hydroxyl groups excluding tert-OH is 3. The van der Waals surface area contributed by atoms with Crippen LogP contribution in [0.2, 0.25) is 5.02 Å². The molecule has 2 heterocycles. The van der Waals surface area contributed by atoms with Crippen molar-refractivity contribution < 1.29 is 34.3 Å². The summed E-state index contributed by atoms with van der Waals surface area (Å²) in [5.41, 5.74) is 2.54. The maximum absolute atomic E-state index is 10.4. The molecule has 2 aliphatic rings. The Hall–Kier alpha value is -1.71. The Kier molecular flexibility index (Phi) is 7.13. The van der Waals surface area contributed by atoms with Gasteiger partial charge in [-0.25, -0.2) is 0 Å². The van der Waals surface area contributed by atoms with Crippen molar-refractivity contribution >= 4 is 11.6 Å². The fourth-order valence-electron chi connectivity index (χ4n) is 3.93. The van der Waals surface area contributed by atoms with Crippen LogP contribution in [0.4, 0.5) is 0 Å². The Bertz CT molecular complexity index is 867. The molecule has 6 atom stereocenters. The number of hydrogen-bond acceptors (Lipinski definition) is 7. The van der Waals surface area contributed by atoms with E-state index < -0.39 is 30.7 Å². The van der Waals surface area contributed by atoms with Gasteiger partial charge in [0.15, 0.2) is 6.29 Å². The normalized spacial score (nSPS) is 31.0. The van der Waals surface area contributed by atoms with E-state index in [1.54, 1.807) is 12.1 Å². The number of aliphatic hydroxyl groups is 3. The van der Waals surface area contributed by atoms with Crippen molar-refractivity contribution in [3.8, 4) is 5.75 Å². The molecule has 0 radical (unpaired) electrons. The Morgan fingerprint density at radius 1 is 1.03 bits per heavy atom. The first-order valence-corrected chi connectivity index (χ1v) is 10.7. The minimum Gasteiger partial charge on any atom is -0.488 e. The van der Waals surface area contributed by atoms with Crippen molar-refractivity contribution in [1.82, 2.24) is 0 Å². The number of ether oxygens (including phenoxy) is 4. The molecule has 2 fully saturated rings. The number of halogens is 1. The van der Waals surface area contributed by atoms with Crippen LogP contribution in [0.15, 0.2) is 42.5 Å². The molecule has 2 aliphatic heterocycles. The van der Waals surface area contributed by atoms with Crippen molar-refractivity contribution in [3.05, 3.63) is 64.2 Å². The van der Waals surface area contributed by atoms with Crippen LogP contribution in [0.5, 0.6) is 5.75 Å². The molecule has 8 heteroatoms. The highest BCUT2D eigenvalue weighted by Gasteiger charge is 2.44. The SMILES string of the molecule is CO[C@H]1O[C@@H](c2ccc(Cl)c(Cc3ccc(OC4CCOC4)cc3)c2)[C@H](O)[C@@H](O)[C@@H]1O. The van der Waals surface area contributed by atoms with Gasteiger partial charge in [-0.15, -0.1) is 0 Å². The molecule has 3 N–H and O–H groups in total. The molecule has 0 aromatic heterocycles. The molecule has 0 saturated carbocycles. The first-order chi connectivity index (χ1) is 15.0. The largest absolute Gasteiger partial charge is 0.488 e. The van der Waals surface area contributed by atoms with Crippen molar-refractivity contribution in [2.45, 2.75) is 49.7 Å². The van der Waals surface area contributed by atoms with E-state index in [0.29, 0.717) is 23.6 Å². The molecule has 7 nitrogen and oxygen atoms in total. The van der Waals surface area contributed by atoms with Gasteiger partial charge in [-0.1, -0.05) is 35.9 Å². The Balaban J connectivity index is 1.49. The first-order valence-electron chi connectivity index (χ1n) is 10.3. The van der Waals surface area contributed by atoms with Crippen LogP contribution >= 0.6 is 11.6 Å². The Morgan fingerprint density at radius 2 is 1.81 bits per heavy atom. The van der Waals surface area contributed by atoms with Crippen molar-refractivity contribution in [3.63, 3.8) is 0 Å². The van der Waals surface area contributed by atoms with Crippen molar-refractivity contribution in [1.29, 1.82) is 0 Å². The lowest BCUT2D eigenvalue weighted by atomic mass is 9.92. The summed E-state index contributed by atoms with van der Waals surface area (Å²) in [6.07, 6.45) is -4.35. The average molecular weight is 451 g/mol. The summed E-state index contributed by atoms with van der Waals surface area (Å²) in [7, 11) is 1.37. The van der Waals surface area contributed by atoms with Crippen LogP contribution in [-0.2, 0) is 20.6 Å². The quantitative estimate of drug-likeness (QED) is 0.620. The molecule has 1 unspecified atom stereocenters. The van der Waals surface area contributed by atoms with Gasteiger partial charge in [0.2, 0.25) is 0 Å². The van der Waals surface area contributed by atoms with Gasteiger partial charge in [0.1, 0.15) is 36.3 Å². The number of benzene rings is 2. The van der Waals surface area contributed by atoms with Crippen molar-refractivity contribution in [2.24, 2.45) is 0 Å². The van der Waals surface area contributed by atoms with Gasteiger partial charge in [-0.3, -0.25) is 0 Å². The molecule has 0 amide bonds. The number of rotatable bonds is 6. The van der Waals surface area contributed by atoms with E-state index in [4.69, 9.17) is 30.5 Å². The van der Waals surface area contributed by atoms with Gasteiger partial charge in [-0.05, 0) is 41.3 Å². The molecule has 31 heavy (non-hydrogen) atoms. The van der Waals surface area contributed by atoms with E-state index in [0.717, 1.165) is 29.9 Å². The van der Waals surface area contributed by atoms with E-state index in [1.165, 1.54) is 7.11 Å². The lowest BCUT2D eigenvalue weighted by Crippen LogP contribution is -2.54. The van der Waals surface area contributed by atoms with Gasteiger partial charge in [0.25, 0.3) is 0 Å². The van der Waals surface area contributed by atoms with Gasteiger partial charge in [-0.2, -0.15) is 0 Å². The number of methoxy groups -OCH3 is 1. The lowest BCUT2D eigenvalue weighted by Gasteiger charge is -2.40. The first kappa shape index (κ1) is 22.5. The molecule has 0 bridgehead atoms. The second-order valence-corrected chi connectivity index (χ2v) is 8.31. The third-order valence-corrected chi connectivity index (χ3v) is 6.08. The van der Waals surface area contributed by atoms with Crippen LogP contribution in [0.3, 0.4) is 0 Å². The second kappa shape index (κ2) is 9.83. The summed E-state index contributed by atoms with van der Waals surface area (Å²) in [4.78, 5) is 0. The summed E-state index contributed by atoms with van der Waals surface area (Å²) in [6.45, 7) is 1.35. The summed E-state index contributed by atoms with van der Waals surface area (Å²) >= 11 is 6.42. The molecule has 0 aliphatic carbocycles. The minimum atomic E-state index is -1.39. The fourth-order valence-corrected chi connectivity index (χ4v) is 4.11. The van der Waals surface area contributed by atoms with Crippen LogP contribution in [0, 0.1) is 0 Å². The second-order valence-electron chi connectivity index (χ2n) is 7.91. The fraction of sp³-hybridized carbons (Fsp3) is 0.478. The lowest BCUT2D eigenvalue weighted by molar-refractivity contribution is -0.292. The van der Waals surface area contributed by atoms with E-state index in [1.807, 2.05) is 30.3 Å². The summed E-state index contributed by atoms with van der Waals surface area (Å²) in [5.74, 6) is 0.802. The highest BCUT2D eigenvalue weighted by molar-refractivity contribution is 6.31. The maximum atomic E-state index is 10.4. The molecule has 2 aromatic carbocycles. The molecule has 2 saturated heterocycles. The van der Waals surface area contributed by atoms with Crippen LogP contribution in [-0.4, -0.2) is 66.3 Å². The smallest absolute Gasteiger partial charge is 0.186 e. The van der Waals surface area contributed by atoms with E-state index in [-0.39, 0.29) is 6.10 Å². The highest BCUT2D eigenvalue weighted by Crippen LogP contribution is 2.34. The van der Waals surface area contributed by atoms with E-state index in [9.17, 15) is 15.3 Å². The van der Waals surface area contributed by atoms with Crippen LogP contribution in [0.25, 0.3) is 0 Å². The third kappa shape index (κ3) is 5.04. The maximum Gasteiger partial charge on any atom is 0.186 e. The van der Waals surface area contributed by atoms with Gasteiger partial charge in [0, 0.05) is 18.6 Å². The van der Waals surface area contributed by atoms with Gasteiger partial charge >= 0.3 is 0 Å². The van der Waals surface area contributed by atoms with E-state index >= 15 is 0 Å². The summed E-state index contributed by atoms with van der Waals surface area (Å²) in [5, 5.41) is 31.2. The van der Waals surface area contributed by atoms with Gasteiger partial charge < -0.3 is 34.3 Å². The highest BCUT2D eigenvalue weighted by atomic mass is 35.5. The standard InChI is InChI=1S/C23H27ClO7/c1-28-23-21(27)19(25)20(26)22(31-23)14-4-7-18(24)15(11-14)10-13-2-5-16(6-3-13)30-17-8-9-29-12-17/h2-7,11,17,19-23,25-27H,8-10,12H2,1H3/t17?,19-,20-,21+,22+,23+/m1/s1. The van der Waals surface area contributed by atoms with E-state index in [2.05, 4.69) is 0 Å². The predicted molar refractivity (Wildman–Crippen MR) is 113 cm³/mol. The molecule has 2 aromatic rings. The Morgan fingerprint density at radius 3 is 2.48 bits per heavy atom.